The normalized spacial score (nSPS) is 10.8. The van der Waals surface area contributed by atoms with Gasteiger partial charge in [0.15, 0.2) is 0 Å². The lowest BCUT2D eigenvalue weighted by Gasteiger charge is -2.11. The molecule has 0 aliphatic carbocycles. The molecule has 0 unspecified atom stereocenters. The van der Waals surface area contributed by atoms with Gasteiger partial charge in [-0.15, -0.1) is 0 Å². The Balaban J connectivity index is 1.96. The number of rotatable bonds is 7. The van der Waals surface area contributed by atoms with Crippen molar-refractivity contribution < 1.29 is 15.0 Å². The monoisotopic (exact) mass is 350 g/mol. The molecule has 3 rings (SSSR count). The average molecular weight is 350 g/mol. The minimum absolute atomic E-state index is 0.100. The van der Waals surface area contributed by atoms with Crippen LogP contribution in [0.1, 0.15) is 40.7 Å². The lowest BCUT2D eigenvalue weighted by atomic mass is 9.97. The van der Waals surface area contributed by atoms with Gasteiger partial charge in [-0.3, -0.25) is 4.68 Å². The van der Waals surface area contributed by atoms with E-state index in [0.717, 1.165) is 29.7 Å². The fourth-order valence-corrected chi connectivity index (χ4v) is 3.10. The number of aliphatic hydroxyl groups excluding tert-OH is 1. The Labute approximate surface area is 152 Å². The number of carboxylic acid groups (broad SMARTS) is 1. The van der Waals surface area contributed by atoms with E-state index in [-0.39, 0.29) is 12.2 Å². The molecule has 0 saturated heterocycles. The summed E-state index contributed by atoms with van der Waals surface area (Å²) in [6.45, 7) is 2.47. The highest BCUT2D eigenvalue weighted by molar-refractivity contribution is 5.96. The standard InChI is InChI=1S/C21H22N2O3/c1-2-6-18-12-17(14-24)22-23(18)13-15-9-10-19(20(11-15)21(25)26)16-7-4-3-5-8-16/h3-5,7-12,24H,2,6,13-14H2,1H3,(H,25,26). The Morgan fingerprint density at radius 1 is 1.12 bits per heavy atom. The van der Waals surface area contributed by atoms with Gasteiger partial charge >= 0.3 is 5.97 Å². The number of carbonyl (C=O) groups is 1. The van der Waals surface area contributed by atoms with Gasteiger partial charge in [-0.05, 0) is 35.2 Å². The van der Waals surface area contributed by atoms with Gasteiger partial charge in [0.25, 0.3) is 0 Å². The first kappa shape index (κ1) is 17.9. The molecule has 0 saturated carbocycles. The fourth-order valence-electron chi connectivity index (χ4n) is 3.10. The molecule has 2 aromatic carbocycles. The first-order valence-electron chi connectivity index (χ1n) is 8.70. The van der Waals surface area contributed by atoms with Gasteiger partial charge < -0.3 is 10.2 Å². The number of aliphatic hydroxyl groups is 1. The predicted octanol–water partition coefficient (Wildman–Crippen LogP) is 3.74. The Bertz CT molecular complexity index is 901. The summed E-state index contributed by atoms with van der Waals surface area (Å²) in [4.78, 5) is 11.8. The molecular weight excluding hydrogens is 328 g/mol. The average Bonchev–Trinajstić information content (AvgIpc) is 3.04. The second kappa shape index (κ2) is 7.97. The van der Waals surface area contributed by atoms with Crippen molar-refractivity contribution in [2.45, 2.75) is 32.9 Å². The summed E-state index contributed by atoms with van der Waals surface area (Å²) in [6, 6.07) is 16.9. The Morgan fingerprint density at radius 3 is 2.54 bits per heavy atom. The largest absolute Gasteiger partial charge is 0.478 e. The van der Waals surface area contributed by atoms with Gasteiger partial charge in [-0.2, -0.15) is 5.10 Å². The molecular formula is C21H22N2O3. The predicted molar refractivity (Wildman–Crippen MR) is 100 cm³/mol. The second-order valence-corrected chi connectivity index (χ2v) is 6.24. The second-order valence-electron chi connectivity index (χ2n) is 6.24. The van der Waals surface area contributed by atoms with E-state index in [1.54, 1.807) is 6.07 Å². The van der Waals surface area contributed by atoms with Crippen LogP contribution in [0.25, 0.3) is 11.1 Å². The van der Waals surface area contributed by atoms with Crippen molar-refractivity contribution in [2.75, 3.05) is 0 Å². The maximum atomic E-state index is 11.8. The molecule has 3 aromatic rings. The number of aromatic carboxylic acids is 1. The van der Waals surface area contributed by atoms with Gasteiger partial charge in [0.2, 0.25) is 0 Å². The third kappa shape index (κ3) is 3.83. The van der Waals surface area contributed by atoms with Crippen LogP contribution in [0.5, 0.6) is 0 Å². The molecule has 5 heteroatoms. The van der Waals surface area contributed by atoms with Gasteiger partial charge in [0.05, 0.1) is 24.4 Å². The van der Waals surface area contributed by atoms with Crippen LogP contribution in [0.2, 0.25) is 0 Å². The number of hydrogen-bond donors (Lipinski definition) is 2. The first-order valence-corrected chi connectivity index (χ1v) is 8.70. The van der Waals surface area contributed by atoms with E-state index in [4.69, 9.17) is 0 Å². The van der Waals surface area contributed by atoms with E-state index >= 15 is 0 Å². The molecule has 1 heterocycles. The van der Waals surface area contributed by atoms with E-state index < -0.39 is 5.97 Å². The topological polar surface area (TPSA) is 75.4 Å². The number of benzene rings is 2. The number of nitrogens with zero attached hydrogens (tertiary/aromatic N) is 2. The molecule has 26 heavy (non-hydrogen) atoms. The molecule has 0 aliphatic rings. The maximum Gasteiger partial charge on any atom is 0.336 e. The van der Waals surface area contributed by atoms with Crippen LogP contribution < -0.4 is 0 Å². The number of aryl methyl sites for hydroxylation is 1. The van der Waals surface area contributed by atoms with E-state index in [9.17, 15) is 15.0 Å². The number of aromatic nitrogens is 2. The van der Waals surface area contributed by atoms with Crippen molar-refractivity contribution in [3.05, 3.63) is 77.1 Å². The van der Waals surface area contributed by atoms with Crippen molar-refractivity contribution in [3.63, 3.8) is 0 Å². The molecule has 5 nitrogen and oxygen atoms in total. The summed E-state index contributed by atoms with van der Waals surface area (Å²) in [6.07, 6.45) is 1.84. The van der Waals surface area contributed by atoms with E-state index in [2.05, 4.69) is 12.0 Å². The van der Waals surface area contributed by atoms with E-state index in [1.807, 2.05) is 53.2 Å². The molecule has 0 atom stereocenters. The summed E-state index contributed by atoms with van der Waals surface area (Å²) in [7, 11) is 0. The molecule has 0 fully saturated rings. The number of hydrogen-bond acceptors (Lipinski definition) is 3. The van der Waals surface area contributed by atoms with E-state index in [0.29, 0.717) is 17.8 Å². The van der Waals surface area contributed by atoms with Gasteiger partial charge in [0.1, 0.15) is 0 Å². The van der Waals surface area contributed by atoms with Crippen LogP contribution in [0.15, 0.2) is 54.6 Å². The van der Waals surface area contributed by atoms with Crippen molar-refractivity contribution in [1.82, 2.24) is 9.78 Å². The molecule has 134 valence electrons. The Hall–Kier alpha value is -2.92. The highest BCUT2D eigenvalue weighted by Crippen LogP contribution is 2.25. The highest BCUT2D eigenvalue weighted by Gasteiger charge is 2.14. The summed E-state index contributed by atoms with van der Waals surface area (Å²) in [5, 5.41) is 23.4. The fraction of sp³-hybridized carbons (Fsp3) is 0.238. The smallest absolute Gasteiger partial charge is 0.336 e. The zero-order chi connectivity index (χ0) is 18.5. The van der Waals surface area contributed by atoms with Crippen LogP contribution in [-0.2, 0) is 19.6 Å². The molecule has 0 amide bonds. The van der Waals surface area contributed by atoms with Crippen molar-refractivity contribution in [3.8, 4) is 11.1 Å². The third-order valence-electron chi connectivity index (χ3n) is 4.31. The summed E-state index contributed by atoms with van der Waals surface area (Å²) < 4.78 is 1.85. The van der Waals surface area contributed by atoms with Crippen LogP contribution in [-0.4, -0.2) is 26.0 Å². The molecule has 1 aromatic heterocycles. The minimum atomic E-state index is -0.948. The molecule has 0 aliphatic heterocycles. The van der Waals surface area contributed by atoms with E-state index in [1.165, 1.54) is 0 Å². The Morgan fingerprint density at radius 2 is 1.88 bits per heavy atom. The van der Waals surface area contributed by atoms with Crippen molar-refractivity contribution in [1.29, 1.82) is 0 Å². The maximum absolute atomic E-state index is 11.8. The Kier molecular flexibility index (Phi) is 5.49. The lowest BCUT2D eigenvalue weighted by molar-refractivity contribution is 0.0697. The zero-order valence-electron chi connectivity index (χ0n) is 14.7. The van der Waals surface area contributed by atoms with Crippen molar-refractivity contribution >= 4 is 5.97 Å². The third-order valence-corrected chi connectivity index (χ3v) is 4.31. The van der Waals surface area contributed by atoms with Gasteiger partial charge in [0, 0.05) is 5.69 Å². The quantitative estimate of drug-likeness (QED) is 0.681. The highest BCUT2D eigenvalue weighted by atomic mass is 16.4. The van der Waals surface area contributed by atoms with Gasteiger partial charge in [-0.25, -0.2) is 4.79 Å². The van der Waals surface area contributed by atoms with Crippen LogP contribution in [0.3, 0.4) is 0 Å². The van der Waals surface area contributed by atoms with Crippen LogP contribution in [0.4, 0.5) is 0 Å². The van der Waals surface area contributed by atoms with Crippen LogP contribution >= 0.6 is 0 Å². The van der Waals surface area contributed by atoms with Crippen molar-refractivity contribution in [2.24, 2.45) is 0 Å². The molecule has 0 bridgehead atoms. The van der Waals surface area contributed by atoms with Gasteiger partial charge in [-0.1, -0.05) is 55.8 Å². The SMILES string of the molecule is CCCc1cc(CO)nn1Cc1ccc(-c2ccccc2)c(C(=O)O)c1. The summed E-state index contributed by atoms with van der Waals surface area (Å²) >= 11 is 0. The molecule has 2 N–H and O–H groups in total. The lowest BCUT2D eigenvalue weighted by Crippen LogP contribution is -2.08. The molecule has 0 spiro atoms. The van der Waals surface area contributed by atoms with Crippen LogP contribution in [0, 0.1) is 0 Å². The number of carboxylic acids is 1. The first-order chi connectivity index (χ1) is 12.6. The molecule has 0 radical (unpaired) electrons. The zero-order valence-corrected chi connectivity index (χ0v) is 14.7. The minimum Gasteiger partial charge on any atom is -0.478 e. The summed E-state index contributed by atoms with van der Waals surface area (Å²) in [5.41, 5.74) is 4.40. The summed E-state index contributed by atoms with van der Waals surface area (Å²) in [5.74, 6) is -0.948.